The summed E-state index contributed by atoms with van der Waals surface area (Å²) in [5.41, 5.74) is 5.46. The van der Waals surface area contributed by atoms with Crippen LogP contribution in [0.5, 0.6) is 0 Å². The van der Waals surface area contributed by atoms with Crippen LogP contribution in [0, 0.1) is 3.57 Å². The lowest BCUT2D eigenvalue weighted by atomic mass is 10.4. The van der Waals surface area contributed by atoms with Gasteiger partial charge in [-0.1, -0.05) is 0 Å². The number of carbonyl (C=O) groups is 1. The zero-order valence-corrected chi connectivity index (χ0v) is 8.22. The van der Waals surface area contributed by atoms with Crippen molar-refractivity contribution in [3.63, 3.8) is 0 Å². The second-order valence-electron chi connectivity index (χ2n) is 1.93. The number of nitrogens with two attached hydrogens (primary N) is 1. The number of pyridine rings is 1. The molecule has 0 fully saturated rings. The first-order valence-corrected chi connectivity index (χ1v) is 4.22. The molecule has 1 aromatic heterocycles. The van der Waals surface area contributed by atoms with E-state index in [1.807, 2.05) is 22.6 Å². The minimum absolute atomic E-state index is 0.388. The van der Waals surface area contributed by atoms with Gasteiger partial charge in [-0.25, -0.2) is 9.98 Å². The number of carbonyl (C=O) groups excluding carboxylic acids is 1. The lowest BCUT2D eigenvalue weighted by Gasteiger charge is -1.95. The Balaban J connectivity index is 3.13. The van der Waals surface area contributed by atoms with Crippen LogP contribution in [0.4, 0.5) is 5.82 Å². The Morgan fingerprint density at radius 1 is 1.58 bits per heavy atom. The van der Waals surface area contributed by atoms with E-state index in [0.29, 0.717) is 17.8 Å². The predicted octanol–water partition coefficient (Wildman–Crippen LogP) is 1.12. The maximum atomic E-state index is 10.4. The summed E-state index contributed by atoms with van der Waals surface area (Å²) in [6, 6.07) is 3.46. The third-order valence-electron chi connectivity index (χ3n) is 1.18. The second kappa shape index (κ2) is 4.15. The highest BCUT2D eigenvalue weighted by atomic mass is 127. The second-order valence-corrected chi connectivity index (χ2v) is 3.09. The zero-order valence-electron chi connectivity index (χ0n) is 6.07. The van der Waals surface area contributed by atoms with E-state index in [0.717, 1.165) is 9.91 Å². The summed E-state index contributed by atoms with van der Waals surface area (Å²) >= 11 is 2.03. The van der Waals surface area contributed by atoms with Gasteiger partial charge in [0.25, 0.3) is 0 Å². The number of nitrogens with zero attached hydrogens (tertiary/aromatic N) is 2. The number of hydrogen-bond donors (Lipinski definition) is 1. The van der Waals surface area contributed by atoms with Crippen molar-refractivity contribution in [1.82, 2.24) is 4.98 Å². The Kier molecular flexibility index (Phi) is 3.15. The van der Waals surface area contributed by atoms with Gasteiger partial charge >= 0.3 is 0 Å². The lowest BCUT2D eigenvalue weighted by Crippen LogP contribution is -1.92. The van der Waals surface area contributed by atoms with Gasteiger partial charge in [-0.05, 0) is 34.7 Å². The van der Waals surface area contributed by atoms with Crippen LogP contribution >= 0.6 is 22.6 Å². The van der Waals surface area contributed by atoms with E-state index in [2.05, 4.69) is 9.98 Å². The lowest BCUT2D eigenvalue weighted by molar-refractivity contribution is 0.111. The molecule has 0 saturated carbocycles. The number of aromatic nitrogens is 1. The molecule has 0 aliphatic carbocycles. The molecule has 0 aliphatic rings. The van der Waals surface area contributed by atoms with Gasteiger partial charge in [-0.3, -0.25) is 4.79 Å². The molecule has 12 heavy (non-hydrogen) atoms. The maximum absolute atomic E-state index is 10.4. The molecule has 0 saturated heterocycles. The molecule has 0 amide bonds. The number of halogens is 1. The van der Waals surface area contributed by atoms with E-state index >= 15 is 0 Å². The number of aliphatic imine (C=N–C) groups is 1. The van der Waals surface area contributed by atoms with Gasteiger partial charge in [0.2, 0.25) is 0 Å². The molecule has 0 spiro atoms. The summed E-state index contributed by atoms with van der Waals surface area (Å²) in [6.07, 6.45) is 1.83. The molecule has 5 heteroatoms. The topological polar surface area (TPSA) is 68.3 Å². The van der Waals surface area contributed by atoms with E-state index < -0.39 is 0 Å². The van der Waals surface area contributed by atoms with E-state index in [1.165, 1.54) is 0 Å². The van der Waals surface area contributed by atoms with Crippen LogP contribution in [0.15, 0.2) is 17.1 Å². The standard InChI is InChI=1S/C7H6IN3O/c8-5-1-2-7(10-4-9)11-6(5)3-12/h1-4H,(H2,9,10,11). The fourth-order valence-corrected chi connectivity index (χ4v) is 1.11. The first-order chi connectivity index (χ1) is 5.77. The van der Waals surface area contributed by atoms with Crippen LogP contribution in [-0.2, 0) is 0 Å². The van der Waals surface area contributed by atoms with Crippen molar-refractivity contribution in [1.29, 1.82) is 0 Å². The number of rotatable bonds is 2. The fraction of sp³-hybridized carbons (Fsp3) is 0. The summed E-state index contributed by atoms with van der Waals surface area (Å²) in [5.74, 6) is 0.444. The molecule has 0 aromatic carbocycles. The average Bonchev–Trinajstić information content (AvgIpc) is 2.09. The van der Waals surface area contributed by atoms with Crippen LogP contribution in [0.2, 0.25) is 0 Å². The molecular formula is C7H6IN3O. The van der Waals surface area contributed by atoms with Crippen LogP contribution < -0.4 is 5.73 Å². The summed E-state index contributed by atoms with van der Waals surface area (Å²) in [4.78, 5) is 18.1. The largest absolute Gasteiger partial charge is 0.390 e. The average molecular weight is 275 g/mol. The highest BCUT2D eigenvalue weighted by Crippen LogP contribution is 2.13. The van der Waals surface area contributed by atoms with Gasteiger partial charge in [-0.2, -0.15) is 0 Å². The molecule has 0 atom stereocenters. The summed E-state index contributed by atoms with van der Waals surface area (Å²) in [6.45, 7) is 0. The van der Waals surface area contributed by atoms with Crippen molar-refractivity contribution in [2.45, 2.75) is 0 Å². The smallest absolute Gasteiger partial charge is 0.169 e. The van der Waals surface area contributed by atoms with Crippen molar-refractivity contribution < 1.29 is 4.79 Å². The molecule has 1 aromatic rings. The molecule has 1 heterocycles. The molecule has 0 bridgehead atoms. The van der Waals surface area contributed by atoms with Crippen molar-refractivity contribution in [3.05, 3.63) is 21.4 Å². The van der Waals surface area contributed by atoms with E-state index in [4.69, 9.17) is 5.73 Å². The molecule has 2 N–H and O–H groups in total. The molecule has 0 radical (unpaired) electrons. The Bertz CT molecular complexity index is 324. The van der Waals surface area contributed by atoms with Gasteiger partial charge in [0, 0.05) is 3.57 Å². The summed E-state index contributed by atoms with van der Waals surface area (Å²) < 4.78 is 0.804. The number of hydrogen-bond acceptors (Lipinski definition) is 3. The first-order valence-electron chi connectivity index (χ1n) is 3.14. The van der Waals surface area contributed by atoms with Crippen LogP contribution in [0.1, 0.15) is 10.5 Å². The van der Waals surface area contributed by atoms with Gasteiger partial charge in [0.05, 0.1) is 6.34 Å². The molecular weight excluding hydrogens is 269 g/mol. The number of aldehydes is 1. The van der Waals surface area contributed by atoms with Gasteiger partial charge in [-0.15, -0.1) is 0 Å². The normalized spacial score (nSPS) is 10.4. The highest BCUT2D eigenvalue weighted by Gasteiger charge is 1.99. The van der Waals surface area contributed by atoms with Gasteiger partial charge < -0.3 is 5.73 Å². The monoisotopic (exact) mass is 275 g/mol. The minimum atomic E-state index is 0.388. The third kappa shape index (κ3) is 2.00. The Labute approximate surface area is 83.0 Å². The molecule has 62 valence electrons. The third-order valence-corrected chi connectivity index (χ3v) is 2.09. The van der Waals surface area contributed by atoms with Gasteiger partial charge in [0.15, 0.2) is 12.1 Å². The molecule has 0 unspecified atom stereocenters. The van der Waals surface area contributed by atoms with Gasteiger partial charge in [0.1, 0.15) is 5.69 Å². The molecule has 1 rings (SSSR count). The van der Waals surface area contributed by atoms with E-state index in [9.17, 15) is 4.79 Å². The highest BCUT2D eigenvalue weighted by molar-refractivity contribution is 14.1. The Morgan fingerprint density at radius 3 is 2.92 bits per heavy atom. The molecule has 4 nitrogen and oxygen atoms in total. The van der Waals surface area contributed by atoms with Crippen LogP contribution in [0.3, 0.4) is 0 Å². The minimum Gasteiger partial charge on any atom is -0.390 e. The van der Waals surface area contributed by atoms with Crippen LogP contribution in [-0.4, -0.2) is 17.6 Å². The SMILES string of the molecule is NC=Nc1ccc(I)c(C=O)n1. The Morgan fingerprint density at radius 2 is 2.33 bits per heavy atom. The van der Waals surface area contributed by atoms with Crippen molar-refractivity contribution in [2.75, 3.05) is 0 Å². The van der Waals surface area contributed by atoms with Crippen LogP contribution in [0.25, 0.3) is 0 Å². The van der Waals surface area contributed by atoms with E-state index in [1.54, 1.807) is 12.1 Å². The summed E-state index contributed by atoms with van der Waals surface area (Å²) in [7, 11) is 0. The zero-order chi connectivity index (χ0) is 8.97. The van der Waals surface area contributed by atoms with E-state index in [-0.39, 0.29) is 0 Å². The Hall–Kier alpha value is -0.980. The quantitative estimate of drug-likeness (QED) is 0.380. The molecule has 0 aliphatic heterocycles. The first kappa shape index (κ1) is 9.11. The maximum Gasteiger partial charge on any atom is 0.169 e. The van der Waals surface area contributed by atoms with Crippen molar-refractivity contribution >= 4 is 41.0 Å². The van der Waals surface area contributed by atoms with Crippen molar-refractivity contribution in [2.24, 2.45) is 10.7 Å². The summed E-state index contributed by atoms with van der Waals surface area (Å²) in [5, 5.41) is 0. The van der Waals surface area contributed by atoms with Crippen molar-refractivity contribution in [3.8, 4) is 0 Å². The fourth-order valence-electron chi connectivity index (χ4n) is 0.678. The predicted molar refractivity (Wildman–Crippen MR) is 54.7 cm³/mol.